The van der Waals surface area contributed by atoms with Crippen molar-refractivity contribution in [1.29, 1.82) is 0 Å². The third-order valence-corrected chi connectivity index (χ3v) is 4.12. The minimum atomic E-state index is -0.679. The van der Waals surface area contributed by atoms with Crippen LogP contribution in [0.2, 0.25) is 0 Å². The number of carbonyl (C=O) groups excluding carboxylic acids is 1. The number of hydrogen-bond donors (Lipinski definition) is 2. The topological polar surface area (TPSA) is 98.3 Å². The average molecular weight is 344 g/mol. The highest BCUT2D eigenvalue weighted by Gasteiger charge is 2.34. The van der Waals surface area contributed by atoms with Gasteiger partial charge in [-0.05, 0) is 49.8 Å². The summed E-state index contributed by atoms with van der Waals surface area (Å²) in [6.45, 7) is 5.24. The predicted molar refractivity (Wildman–Crippen MR) is 96.6 cm³/mol. The Bertz CT molecular complexity index is 755. The summed E-state index contributed by atoms with van der Waals surface area (Å²) in [6, 6.07) is 5.08. The van der Waals surface area contributed by atoms with Crippen molar-refractivity contribution >= 4 is 17.3 Å². The number of carbonyl (C=O) groups is 1. The summed E-state index contributed by atoms with van der Waals surface area (Å²) in [6.07, 6.45) is 3.57. The fourth-order valence-electron chi connectivity index (χ4n) is 2.45. The number of benzene rings is 1. The van der Waals surface area contributed by atoms with Crippen molar-refractivity contribution in [3.63, 3.8) is 0 Å². The van der Waals surface area contributed by atoms with E-state index in [1.807, 2.05) is 19.9 Å². The molecule has 2 atom stereocenters. The second-order valence-corrected chi connectivity index (χ2v) is 6.06. The first-order valence-electron chi connectivity index (χ1n) is 7.89. The van der Waals surface area contributed by atoms with Crippen LogP contribution in [0.3, 0.4) is 0 Å². The van der Waals surface area contributed by atoms with Gasteiger partial charge in [-0.1, -0.05) is 0 Å². The van der Waals surface area contributed by atoms with Crippen molar-refractivity contribution in [2.45, 2.75) is 32.4 Å². The summed E-state index contributed by atoms with van der Waals surface area (Å²) < 4.78 is 10.8. The number of aryl methyl sites for hydroxylation is 1. The van der Waals surface area contributed by atoms with Gasteiger partial charge in [-0.15, -0.1) is 5.11 Å². The number of nitrogens with one attached hydrogen (secondary N) is 1. The maximum absolute atomic E-state index is 11.2. The molecule has 1 aliphatic rings. The number of nitrogens with two attached hydrogens (primary N) is 1. The van der Waals surface area contributed by atoms with Gasteiger partial charge >= 0.3 is 0 Å². The van der Waals surface area contributed by atoms with Gasteiger partial charge in [0.25, 0.3) is 0 Å². The summed E-state index contributed by atoms with van der Waals surface area (Å²) in [5.74, 6) is 0.437. The first-order valence-corrected chi connectivity index (χ1v) is 7.89. The van der Waals surface area contributed by atoms with Crippen LogP contribution in [0.5, 0.6) is 0 Å². The Kier molecular flexibility index (Phi) is 5.71. The van der Waals surface area contributed by atoms with Crippen LogP contribution in [0.1, 0.15) is 19.4 Å². The van der Waals surface area contributed by atoms with Crippen molar-refractivity contribution in [3.05, 3.63) is 47.4 Å². The zero-order chi connectivity index (χ0) is 18.6. The molecular formula is C18H24N4O3. The third kappa shape index (κ3) is 4.32. The van der Waals surface area contributed by atoms with Gasteiger partial charge in [0, 0.05) is 19.7 Å². The molecule has 2 unspecified atom stereocenters. The summed E-state index contributed by atoms with van der Waals surface area (Å²) >= 11 is 0. The van der Waals surface area contributed by atoms with Gasteiger partial charge in [0.2, 0.25) is 5.91 Å². The summed E-state index contributed by atoms with van der Waals surface area (Å²) in [5, 5.41) is 11.3. The molecule has 0 saturated heterocycles. The number of hydrogen-bond acceptors (Lipinski definition) is 6. The van der Waals surface area contributed by atoms with E-state index < -0.39 is 5.60 Å². The molecule has 7 nitrogen and oxygen atoms in total. The molecule has 1 amide bonds. The first kappa shape index (κ1) is 18.8. The molecule has 134 valence electrons. The van der Waals surface area contributed by atoms with Gasteiger partial charge in [0.1, 0.15) is 17.1 Å². The van der Waals surface area contributed by atoms with E-state index in [1.54, 1.807) is 38.5 Å². The lowest BCUT2D eigenvalue weighted by Crippen LogP contribution is -2.46. The van der Waals surface area contributed by atoms with E-state index in [2.05, 4.69) is 15.5 Å². The van der Waals surface area contributed by atoms with Crippen LogP contribution < -0.4 is 11.1 Å². The van der Waals surface area contributed by atoms with Gasteiger partial charge in [-0.25, -0.2) is 0 Å². The molecule has 2 rings (SSSR count). The molecule has 0 radical (unpaired) electrons. The standard InChI is InChI=1S/C18H24N4O3/c1-11-8-13(6-7-14(11)20-12(2)23)21-22-15-10-18(3,25-5)17(19)9-16(15)24-4/h6-10,17H,19H2,1-5H3,(H,20,23). The van der Waals surface area contributed by atoms with Crippen molar-refractivity contribution in [2.75, 3.05) is 19.5 Å². The second kappa shape index (κ2) is 7.58. The summed E-state index contributed by atoms with van der Waals surface area (Å²) in [7, 11) is 3.16. The number of azo groups is 1. The minimum absolute atomic E-state index is 0.116. The third-order valence-electron chi connectivity index (χ3n) is 4.12. The van der Waals surface area contributed by atoms with Crippen LogP contribution >= 0.6 is 0 Å². The van der Waals surface area contributed by atoms with Crippen molar-refractivity contribution < 1.29 is 14.3 Å². The Morgan fingerprint density at radius 1 is 1.32 bits per heavy atom. The number of ether oxygens (including phenoxy) is 2. The predicted octanol–water partition coefficient (Wildman–Crippen LogP) is 3.20. The van der Waals surface area contributed by atoms with E-state index in [4.69, 9.17) is 15.2 Å². The van der Waals surface area contributed by atoms with E-state index in [1.165, 1.54) is 6.92 Å². The Hall–Kier alpha value is -2.51. The number of rotatable bonds is 5. The maximum atomic E-state index is 11.2. The van der Waals surface area contributed by atoms with E-state index in [0.29, 0.717) is 17.1 Å². The monoisotopic (exact) mass is 344 g/mol. The highest BCUT2D eigenvalue weighted by atomic mass is 16.5. The smallest absolute Gasteiger partial charge is 0.221 e. The number of amides is 1. The van der Waals surface area contributed by atoms with E-state index in [9.17, 15) is 4.79 Å². The summed E-state index contributed by atoms with van der Waals surface area (Å²) in [5.41, 5.74) is 8.29. The van der Waals surface area contributed by atoms with Gasteiger partial charge in [-0.2, -0.15) is 5.11 Å². The number of anilines is 1. The molecule has 1 aromatic carbocycles. The van der Waals surface area contributed by atoms with Crippen LogP contribution in [0.4, 0.5) is 11.4 Å². The van der Waals surface area contributed by atoms with Crippen LogP contribution in [-0.2, 0) is 14.3 Å². The van der Waals surface area contributed by atoms with E-state index in [-0.39, 0.29) is 11.9 Å². The van der Waals surface area contributed by atoms with E-state index >= 15 is 0 Å². The highest BCUT2D eigenvalue weighted by molar-refractivity contribution is 5.89. The molecule has 1 aliphatic carbocycles. The fourth-order valence-corrected chi connectivity index (χ4v) is 2.45. The molecule has 0 spiro atoms. The molecule has 0 fully saturated rings. The Balaban J connectivity index is 2.28. The first-order chi connectivity index (χ1) is 11.8. The van der Waals surface area contributed by atoms with Gasteiger partial charge in [-0.3, -0.25) is 4.79 Å². The van der Waals surface area contributed by atoms with Crippen molar-refractivity contribution in [2.24, 2.45) is 16.0 Å². The van der Waals surface area contributed by atoms with E-state index in [0.717, 1.165) is 11.3 Å². The molecular weight excluding hydrogens is 320 g/mol. The zero-order valence-electron chi connectivity index (χ0n) is 15.2. The van der Waals surface area contributed by atoms with Gasteiger partial charge in [0.15, 0.2) is 0 Å². The molecule has 25 heavy (non-hydrogen) atoms. The zero-order valence-corrected chi connectivity index (χ0v) is 15.2. The van der Waals surface area contributed by atoms with Gasteiger partial charge in [0.05, 0.1) is 18.8 Å². The van der Waals surface area contributed by atoms with Crippen LogP contribution in [0.15, 0.2) is 52.0 Å². The lowest BCUT2D eigenvalue weighted by molar-refractivity contribution is -0.114. The average Bonchev–Trinajstić information content (AvgIpc) is 2.57. The Labute approximate surface area is 147 Å². The minimum Gasteiger partial charge on any atom is -0.495 e. The molecule has 7 heteroatoms. The van der Waals surface area contributed by atoms with Crippen molar-refractivity contribution in [3.8, 4) is 0 Å². The lowest BCUT2D eigenvalue weighted by atomic mass is 9.90. The molecule has 0 heterocycles. The van der Waals surface area contributed by atoms with Crippen LogP contribution in [0.25, 0.3) is 0 Å². The molecule has 1 aromatic rings. The summed E-state index contributed by atoms with van der Waals surface area (Å²) in [4.78, 5) is 11.2. The highest BCUT2D eigenvalue weighted by Crippen LogP contribution is 2.30. The second-order valence-electron chi connectivity index (χ2n) is 6.06. The van der Waals surface area contributed by atoms with Crippen LogP contribution in [-0.4, -0.2) is 31.8 Å². The molecule has 0 aliphatic heterocycles. The normalized spacial score (nSPS) is 23.2. The van der Waals surface area contributed by atoms with Gasteiger partial charge < -0.3 is 20.5 Å². The van der Waals surface area contributed by atoms with Crippen LogP contribution in [0, 0.1) is 6.92 Å². The number of methoxy groups -OCH3 is 2. The Morgan fingerprint density at radius 2 is 2.04 bits per heavy atom. The molecule has 0 aromatic heterocycles. The fraction of sp³-hybridized carbons (Fsp3) is 0.389. The SMILES string of the molecule is COC1=CC(N)C(C)(OC)C=C1N=Nc1ccc(NC(C)=O)c(C)c1. The lowest BCUT2D eigenvalue weighted by Gasteiger charge is -2.33. The largest absolute Gasteiger partial charge is 0.495 e. The molecule has 0 bridgehead atoms. The molecule has 0 saturated carbocycles. The Morgan fingerprint density at radius 3 is 2.60 bits per heavy atom. The number of nitrogens with zero attached hydrogens (tertiary/aromatic N) is 2. The maximum Gasteiger partial charge on any atom is 0.221 e. The molecule has 3 N–H and O–H groups in total. The quantitative estimate of drug-likeness (QED) is 0.801. The van der Waals surface area contributed by atoms with Crippen molar-refractivity contribution in [1.82, 2.24) is 0 Å².